The second-order valence-electron chi connectivity index (χ2n) is 15.8. The van der Waals surface area contributed by atoms with Crippen LogP contribution in [0.2, 0.25) is 0 Å². The summed E-state index contributed by atoms with van der Waals surface area (Å²) < 4.78 is 11.7. The average Bonchev–Trinajstić information content (AvgIpc) is 3.20. The van der Waals surface area contributed by atoms with Crippen molar-refractivity contribution >= 4 is 11.9 Å². The average molecular weight is 527 g/mol. The molecule has 10 atom stereocenters. The number of esters is 2. The number of hydrogen-bond acceptors (Lipinski definition) is 4. The van der Waals surface area contributed by atoms with Crippen LogP contribution in [-0.2, 0) is 19.1 Å². The largest absolute Gasteiger partial charge is 0.465 e. The maximum Gasteiger partial charge on any atom is 0.302 e. The summed E-state index contributed by atoms with van der Waals surface area (Å²) in [5.74, 6) is 2.76. The molecule has 0 heterocycles. The van der Waals surface area contributed by atoms with Crippen LogP contribution in [0, 0.1) is 56.7 Å². The van der Waals surface area contributed by atoms with Gasteiger partial charge in [0.2, 0.25) is 0 Å². The van der Waals surface area contributed by atoms with Crippen molar-refractivity contribution in [3.8, 4) is 0 Å². The number of carbonyl (C=O) groups excluding carboxylic acids is 2. The molecule has 5 saturated carbocycles. The van der Waals surface area contributed by atoms with Crippen LogP contribution in [0.25, 0.3) is 0 Å². The van der Waals surface area contributed by atoms with Gasteiger partial charge < -0.3 is 9.47 Å². The lowest BCUT2D eigenvalue weighted by Gasteiger charge is -2.73. The fraction of sp³-hybridized carbons (Fsp3) is 0.882. The third kappa shape index (κ3) is 3.80. The maximum atomic E-state index is 11.9. The van der Waals surface area contributed by atoms with E-state index in [0.717, 1.165) is 12.8 Å². The number of carbonyl (C=O) groups is 2. The van der Waals surface area contributed by atoms with Crippen molar-refractivity contribution in [2.24, 2.45) is 56.7 Å². The molecule has 0 amide bonds. The molecular weight excluding hydrogens is 472 g/mol. The number of fused-ring (bicyclic) bond motifs is 7. The van der Waals surface area contributed by atoms with Gasteiger partial charge in [0.1, 0.15) is 6.10 Å². The topological polar surface area (TPSA) is 52.6 Å². The molecule has 4 heteroatoms. The highest BCUT2D eigenvalue weighted by Gasteiger charge is 2.71. The number of allylic oxidation sites excluding steroid dienone is 1. The first-order valence-electron chi connectivity index (χ1n) is 15.6. The SMILES string of the molecule is C=C(C)[C@@H]1CC[C@]2(COC(C)=O)CC[C@]3(C)[C@H](CC[C@@H]4[C@@]5(C)CC[C@@H](OC(C)=O)C(C)(C)[C@@H]5CC[C@]43C)[C@H]12. The highest BCUT2D eigenvalue weighted by molar-refractivity contribution is 5.66. The maximum absolute atomic E-state index is 11.9. The highest BCUT2D eigenvalue weighted by atomic mass is 16.5. The summed E-state index contributed by atoms with van der Waals surface area (Å²) in [5, 5.41) is 0. The first-order valence-corrected chi connectivity index (χ1v) is 15.6. The smallest absolute Gasteiger partial charge is 0.302 e. The zero-order chi connectivity index (χ0) is 27.9. The Kier molecular flexibility index (Phi) is 6.76. The van der Waals surface area contributed by atoms with E-state index in [1.807, 2.05) is 0 Å². The van der Waals surface area contributed by atoms with Crippen LogP contribution >= 0.6 is 0 Å². The van der Waals surface area contributed by atoms with E-state index >= 15 is 0 Å². The second kappa shape index (κ2) is 9.10. The Morgan fingerprint density at radius 3 is 2.11 bits per heavy atom. The Labute approximate surface area is 232 Å². The summed E-state index contributed by atoms with van der Waals surface area (Å²) >= 11 is 0. The summed E-state index contributed by atoms with van der Waals surface area (Å²) in [6.45, 7) is 23.1. The summed E-state index contributed by atoms with van der Waals surface area (Å²) in [5.41, 5.74) is 2.30. The van der Waals surface area contributed by atoms with Gasteiger partial charge in [-0.15, -0.1) is 0 Å². The number of rotatable bonds is 4. The van der Waals surface area contributed by atoms with Gasteiger partial charge in [0, 0.05) is 24.7 Å². The molecule has 5 rings (SSSR count). The Balaban J connectivity index is 1.49. The molecule has 0 N–H and O–H groups in total. The lowest BCUT2D eigenvalue weighted by molar-refractivity contribution is -0.252. The van der Waals surface area contributed by atoms with E-state index in [1.54, 1.807) is 13.8 Å². The van der Waals surface area contributed by atoms with Crippen LogP contribution in [-0.4, -0.2) is 24.6 Å². The monoisotopic (exact) mass is 526 g/mol. The van der Waals surface area contributed by atoms with Crippen LogP contribution < -0.4 is 0 Å². The van der Waals surface area contributed by atoms with E-state index in [9.17, 15) is 9.59 Å². The van der Waals surface area contributed by atoms with Crippen LogP contribution in [0.4, 0.5) is 0 Å². The van der Waals surface area contributed by atoms with Gasteiger partial charge in [-0.2, -0.15) is 0 Å². The van der Waals surface area contributed by atoms with E-state index < -0.39 is 0 Å². The zero-order valence-electron chi connectivity index (χ0n) is 25.6. The Morgan fingerprint density at radius 1 is 0.763 bits per heavy atom. The minimum atomic E-state index is -0.140. The van der Waals surface area contributed by atoms with Crippen LogP contribution in [0.3, 0.4) is 0 Å². The summed E-state index contributed by atoms with van der Waals surface area (Å²) in [6, 6.07) is 0. The van der Waals surface area contributed by atoms with Crippen LogP contribution in [0.15, 0.2) is 12.2 Å². The van der Waals surface area contributed by atoms with Crippen molar-refractivity contribution < 1.29 is 19.1 Å². The molecule has 0 spiro atoms. The van der Waals surface area contributed by atoms with E-state index in [4.69, 9.17) is 9.47 Å². The van der Waals surface area contributed by atoms with Crippen molar-refractivity contribution in [1.29, 1.82) is 0 Å². The standard InChI is InChI=1S/C34H54O4/c1-21(2)24-12-17-34(20-37-22(3)35)19-18-32(8)25(29(24)34)10-11-27-31(7)15-14-28(38-23(4)36)30(5,6)26(31)13-16-33(27,32)9/h24-29H,1,10-20H2,2-9H3/t24-,25+,26-,27+,28+,29-,31-,32+,33+,34+/m0/s1. The molecule has 5 aliphatic rings. The van der Waals surface area contributed by atoms with Gasteiger partial charge in [-0.1, -0.05) is 46.8 Å². The summed E-state index contributed by atoms with van der Waals surface area (Å²) in [4.78, 5) is 23.8. The quantitative estimate of drug-likeness (QED) is 0.274. The number of ether oxygens (including phenoxy) is 2. The Morgan fingerprint density at radius 2 is 1.47 bits per heavy atom. The highest BCUT2D eigenvalue weighted by Crippen LogP contribution is 2.77. The molecule has 4 nitrogen and oxygen atoms in total. The van der Waals surface area contributed by atoms with Gasteiger partial charge in [0.15, 0.2) is 0 Å². The van der Waals surface area contributed by atoms with Crippen LogP contribution in [0.1, 0.15) is 120 Å². The molecular formula is C34H54O4. The molecule has 38 heavy (non-hydrogen) atoms. The van der Waals surface area contributed by atoms with E-state index in [2.05, 4.69) is 48.1 Å². The van der Waals surface area contributed by atoms with E-state index in [1.165, 1.54) is 56.9 Å². The second-order valence-corrected chi connectivity index (χ2v) is 15.8. The van der Waals surface area contributed by atoms with Crippen molar-refractivity contribution in [2.75, 3.05) is 6.61 Å². The van der Waals surface area contributed by atoms with Gasteiger partial charge in [-0.05, 0) is 117 Å². The lowest BCUT2D eigenvalue weighted by atomic mass is 9.32. The first-order chi connectivity index (χ1) is 17.6. The molecule has 0 bridgehead atoms. The van der Waals surface area contributed by atoms with Gasteiger partial charge >= 0.3 is 11.9 Å². The Bertz CT molecular complexity index is 998. The molecule has 0 aromatic heterocycles. The van der Waals surface area contributed by atoms with E-state index in [0.29, 0.717) is 41.6 Å². The predicted molar refractivity (Wildman–Crippen MR) is 151 cm³/mol. The molecule has 0 unspecified atom stereocenters. The Hall–Kier alpha value is -1.32. The third-order valence-corrected chi connectivity index (χ3v) is 14.0. The van der Waals surface area contributed by atoms with Crippen molar-refractivity contribution in [3.05, 3.63) is 12.2 Å². The molecule has 214 valence electrons. The molecule has 0 radical (unpaired) electrons. The van der Waals surface area contributed by atoms with Gasteiger partial charge in [0.05, 0.1) is 6.61 Å². The van der Waals surface area contributed by atoms with Gasteiger partial charge in [-0.25, -0.2) is 0 Å². The lowest BCUT2D eigenvalue weighted by Crippen LogP contribution is -2.67. The molecule has 0 aromatic carbocycles. The zero-order valence-corrected chi connectivity index (χ0v) is 25.6. The van der Waals surface area contributed by atoms with Crippen molar-refractivity contribution in [1.82, 2.24) is 0 Å². The summed E-state index contributed by atoms with van der Waals surface area (Å²) in [7, 11) is 0. The minimum absolute atomic E-state index is 0.00000109. The fourth-order valence-corrected chi connectivity index (χ4v) is 12.2. The molecule has 5 aliphatic carbocycles. The summed E-state index contributed by atoms with van der Waals surface area (Å²) in [6.07, 6.45) is 12.0. The fourth-order valence-electron chi connectivity index (χ4n) is 12.2. The van der Waals surface area contributed by atoms with Gasteiger partial charge in [0.25, 0.3) is 0 Å². The first kappa shape index (κ1) is 28.2. The molecule has 0 aromatic rings. The normalized spacial score (nSPS) is 49.1. The number of hydrogen-bond donors (Lipinski definition) is 0. The van der Waals surface area contributed by atoms with E-state index in [-0.39, 0.29) is 39.7 Å². The minimum Gasteiger partial charge on any atom is -0.465 e. The molecule has 0 aliphatic heterocycles. The van der Waals surface area contributed by atoms with Crippen LogP contribution in [0.5, 0.6) is 0 Å². The van der Waals surface area contributed by atoms with Crippen molar-refractivity contribution in [3.63, 3.8) is 0 Å². The van der Waals surface area contributed by atoms with Crippen molar-refractivity contribution in [2.45, 2.75) is 126 Å². The molecule has 5 fully saturated rings. The third-order valence-electron chi connectivity index (χ3n) is 14.0. The molecule has 0 saturated heterocycles. The predicted octanol–water partition coefficient (Wildman–Crippen LogP) is 8.14. The van der Waals surface area contributed by atoms with Gasteiger partial charge in [-0.3, -0.25) is 9.59 Å².